The molecule has 2 unspecified atom stereocenters. The first-order valence-electron chi connectivity index (χ1n) is 7.36. The van der Waals surface area contributed by atoms with Crippen molar-refractivity contribution < 1.29 is 14.3 Å². The topological polar surface area (TPSA) is 58.6 Å². The maximum absolute atomic E-state index is 12.5. The van der Waals surface area contributed by atoms with Crippen molar-refractivity contribution in [2.75, 3.05) is 19.8 Å². The Morgan fingerprint density at radius 3 is 2.62 bits per heavy atom. The lowest BCUT2D eigenvalue weighted by Crippen LogP contribution is -2.63. The molecule has 0 radical (unpaired) electrons. The highest BCUT2D eigenvalue weighted by molar-refractivity contribution is 5.96. The SMILES string of the molecule is CCOCCN1C(=O)C(Cc2ccccc2)NC(=O)C1C. The third-order valence-electron chi connectivity index (χ3n) is 3.71. The first kappa shape index (κ1) is 15.5. The molecule has 114 valence electrons. The first-order chi connectivity index (χ1) is 10.1. The molecule has 2 atom stereocenters. The predicted octanol–water partition coefficient (Wildman–Crippen LogP) is 0.981. The molecule has 1 fully saturated rings. The highest BCUT2D eigenvalue weighted by Crippen LogP contribution is 2.13. The largest absolute Gasteiger partial charge is 0.380 e. The number of hydrogen-bond donors (Lipinski definition) is 1. The Bertz CT molecular complexity index is 490. The Kier molecular flexibility index (Phi) is 5.33. The minimum absolute atomic E-state index is 0.0364. The van der Waals surface area contributed by atoms with Gasteiger partial charge in [0.15, 0.2) is 0 Å². The third kappa shape index (κ3) is 3.82. The van der Waals surface area contributed by atoms with Gasteiger partial charge in [-0.25, -0.2) is 0 Å². The zero-order chi connectivity index (χ0) is 15.2. The fourth-order valence-corrected chi connectivity index (χ4v) is 2.49. The van der Waals surface area contributed by atoms with E-state index in [0.717, 1.165) is 5.56 Å². The zero-order valence-corrected chi connectivity index (χ0v) is 12.5. The molecule has 5 nitrogen and oxygen atoms in total. The maximum atomic E-state index is 12.5. The lowest BCUT2D eigenvalue weighted by atomic mass is 10.0. The van der Waals surface area contributed by atoms with Crippen LogP contribution in [0.1, 0.15) is 19.4 Å². The van der Waals surface area contributed by atoms with Crippen LogP contribution in [0.2, 0.25) is 0 Å². The molecule has 0 aromatic heterocycles. The molecule has 1 aliphatic rings. The van der Waals surface area contributed by atoms with Crippen LogP contribution in [0.15, 0.2) is 30.3 Å². The van der Waals surface area contributed by atoms with Crippen molar-refractivity contribution >= 4 is 11.8 Å². The van der Waals surface area contributed by atoms with Gasteiger partial charge >= 0.3 is 0 Å². The molecule has 21 heavy (non-hydrogen) atoms. The van der Waals surface area contributed by atoms with E-state index in [9.17, 15) is 9.59 Å². The minimum atomic E-state index is -0.488. The van der Waals surface area contributed by atoms with Crippen molar-refractivity contribution in [3.8, 4) is 0 Å². The Hall–Kier alpha value is -1.88. The van der Waals surface area contributed by atoms with E-state index in [1.165, 1.54) is 0 Å². The Morgan fingerprint density at radius 2 is 1.95 bits per heavy atom. The summed E-state index contributed by atoms with van der Waals surface area (Å²) < 4.78 is 5.30. The van der Waals surface area contributed by atoms with E-state index in [-0.39, 0.29) is 11.8 Å². The maximum Gasteiger partial charge on any atom is 0.246 e. The summed E-state index contributed by atoms with van der Waals surface area (Å²) in [6, 6.07) is 8.79. The summed E-state index contributed by atoms with van der Waals surface area (Å²) in [5, 5.41) is 2.81. The normalized spacial score (nSPS) is 22.3. The average molecular weight is 290 g/mol. The fraction of sp³-hybridized carbons (Fsp3) is 0.500. The predicted molar refractivity (Wildman–Crippen MR) is 79.7 cm³/mol. The van der Waals surface area contributed by atoms with Crippen LogP contribution in [0.25, 0.3) is 0 Å². The monoisotopic (exact) mass is 290 g/mol. The molecule has 2 amide bonds. The Labute approximate surface area is 125 Å². The number of nitrogens with zero attached hydrogens (tertiary/aromatic N) is 1. The van der Waals surface area contributed by atoms with Gasteiger partial charge in [0.1, 0.15) is 12.1 Å². The number of nitrogens with one attached hydrogen (secondary N) is 1. The number of rotatable bonds is 6. The lowest BCUT2D eigenvalue weighted by molar-refractivity contribution is -0.149. The second-order valence-electron chi connectivity index (χ2n) is 5.16. The molecular weight excluding hydrogens is 268 g/mol. The van der Waals surface area contributed by atoms with Gasteiger partial charge in [0.25, 0.3) is 0 Å². The van der Waals surface area contributed by atoms with E-state index in [4.69, 9.17) is 4.74 Å². The van der Waals surface area contributed by atoms with Gasteiger partial charge in [0.05, 0.1) is 6.61 Å². The van der Waals surface area contributed by atoms with Crippen molar-refractivity contribution in [3.05, 3.63) is 35.9 Å². The van der Waals surface area contributed by atoms with Crippen LogP contribution >= 0.6 is 0 Å². The van der Waals surface area contributed by atoms with Crippen LogP contribution in [0.5, 0.6) is 0 Å². The summed E-state index contributed by atoms with van der Waals surface area (Å²) in [6.07, 6.45) is 0.517. The van der Waals surface area contributed by atoms with E-state index in [0.29, 0.717) is 26.2 Å². The molecule has 0 saturated carbocycles. The molecule has 1 aromatic carbocycles. The summed E-state index contributed by atoms with van der Waals surface area (Å²) in [4.78, 5) is 26.2. The summed E-state index contributed by atoms with van der Waals surface area (Å²) in [5.41, 5.74) is 1.04. The van der Waals surface area contributed by atoms with E-state index >= 15 is 0 Å². The number of benzene rings is 1. The molecule has 1 aliphatic heterocycles. The molecule has 0 bridgehead atoms. The van der Waals surface area contributed by atoms with Crippen LogP contribution in [0, 0.1) is 0 Å². The Morgan fingerprint density at radius 1 is 1.24 bits per heavy atom. The number of ether oxygens (including phenoxy) is 1. The van der Waals surface area contributed by atoms with E-state index < -0.39 is 12.1 Å². The number of piperazine rings is 1. The van der Waals surface area contributed by atoms with Gasteiger partial charge in [-0.3, -0.25) is 9.59 Å². The summed E-state index contributed by atoms with van der Waals surface area (Å²) >= 11 is 0. The molecule has 2 rings (SSSR count). The van der Waals surface area contributed by atoms with Gasteiger partial charge in [0.2, 0.25) is 11.8 Å². The number of amides is 2. The quantitative estimate of drug-likeness (QED) is 0.795. The third-order valence-corrected chi connectivity index (χ3v) is 3.71. The van der Waals surface area contributed by atoms with Gasteiger partial charge in [-0.15, -0.1) is 0 Å². The number of carbonyl (C=O) groups is 2. The van der Waals surface area contributed by atoms with Gasteiger partial charge in [-0.05, 0) is 19.4 Å². The fourth-order valence-electron chi connectivity index (χ4n) is 2.49. The lowest BCUT2D eigenvalue weighted by Gasteiger charge is -2.37. The number of carbonyl (C=O) groups excluding carboxylic acids is 2. The molecule has 1 heterocycles. The Balaban J connectivity index is 2.05. The molecule has 1 aromatic rings. The molecule has 1 N–H and O–H groups in total. The molecule has 0 spiro atoms. The molecule has 5 heteroatoms. The van der Waals surface area contributed by atoms with Crippen LogP contribution in [-0.2, 0) is 20.7 Å². The van der Waals surface area contributed by atoms with Gasteiger partial charge in [-0.2, -0.15) is 0 Å². The highest BCUT2D eigenvalue weighted by Gasteiger charge is 2.37. The van der Waals surface area contributed by atoms with Crippen LogP contribution < -0.4 is 5.32 Å². The van der Waals surface area contributed by atoms with Gasteiger partial charge < -0.3 is 15.0 Å². The smallest absolute Gasteiger partial charge is 0.246 e. The minimum Gasteiger partial charge on any atom is -0.380 e. The molecule has 0 aliphatic carbocycles. The van der Waals surface area contributed by atoms with Crippen LogP contribution in [0.4, 0.5) is 0 Å². The summed E-state index contributed by atoms with van der Waals surface area (Å²) in [6.45, 7) is 5.17. The number of hydrogen-bond acceptors (Lipinski definition) is 3. The first-order valence-corrected chi connectivity index (χ1v) is 7.36. The van der Waals surface area contributed by atoms with Gasteiger partial charge in [-0.1, -0.05) is 30.3 Å². The molecular formula is C16H22N2O3. The van der Waals surface area contributed by atoms with Crippen molar-refractivity contribution in [2.24, 2.45) is 0 Å². The van der Waals surface area contributed by atoms with Crippen molar-refractivity contribution in [3.63, 3.8) is 0 Å². The van der Waals surface area contributed by atoms with Crippen LogP contribution in [-0.4, -0.2) is 48.6 Å². The van der Waals surface area contributed by atoms with Gasteiger partial charge in [0, 0.05) is 19.6 Å². The van der Waals surface area contributed by atoms with Crippen molar-refractivity contribution in [1.82, 2.24) is 10.2 Å². The van der Waals surface area contributed by atoms with Crippen molar-refractivity contribution in [1.29, 1.82) is 0 Å². The zero-order valence-electron chi connectivity index (χ0n) is 12.5. The average Bonchev–Trinajstić information content (AvgIpc) is 2.49. The van der Waals surface area contributed by atoms with E-state index in [2.05, 4.69) is 5.32 Å². The standard InChI is InChI=1S/C16H22N2O3/c1-3-21-10-9-18-12(2)15(19)17-14(16(18)20)11-13-7-5-4-6-8-13/h4-8,12,14H,3,9-11H2,1-2H3,(H,17,19). The van der Waals surface area contributed by atoms with E-state index in [1.54, 1.807) is 11.8 Å². The second-order valence-corrected chi connectivity index (χ2v) is 5.16. The van der Waals surface area contributed by atoms with Crippen LogP contribution in [0.3, 0.4) is 0 Å². The second kappa shape index (κ2) is 7.22. The van der Waals surface area contributed by atoms with Crippen molar-refractivity contribution in [2.45, 2.75) is 32.4 Å². The van der Waals surface area contributed by atoms with E-state index in [1.807, 2.05) is 37.3 Å². The molecule has 1 saturated heterocycles. The highest BCUT2D eigenvalue weighted by atomic mass is 16.5. The summed E-state index contributed by atoms with van der Waals surface area (Å²) in [5.74, 6) is -0.141. The summed E-state index contributed by atoms with van der Waals surface area (Å²) in [7, 11) is 0.